The largest absolute Gasteiger partial charge is 0.310 e. The van der Waals surface area contributed by atoms with Crippen LogP contribution in [0.2, 0.25) is 0 Å². The summed E-state index contributed by atoms with van der Waals surface area (Å²) in [6, 6.07) is 7.71. The first-order valence-corrected chi connectivity index (χ1v) is 8.50. The molecule has 20 heavy (non-hydrogen) atoms. The van der Waals surface area contributed by atoms with Gasteiger partial charge in [-0.05, 0) is 48.5 Å². The minimum atomic E-state index is -0.141. The van der Waals surface area contributed by atoms with Gasteiger partial charge in [0.25, 0.3) is 0 Å². The van der Waals surface area contributed by atoms with Gasteiger partial charge in [-0.1, -0.05) is 32.6 Å². The number of halogens is 1. The molecule has 1 nitrogen and oxygen atoms in total. The molecule has 1 aromatic heterocycles. The van der Waals surface area contributed by atoms with E-state index in [-0.39, 0.29) is 5.82 Å². The third-order valence-corrected chi connectivity index (χ3v) is 5.56. The summed E-state index contributed by atoms with van der Waals surface area (Å²) in [5.74, 6) is 0.721. The standard InChI is InChI=1S/C17H22FNS/c1-2-19-15(9-12-5-3-4-6-12)17-11-13-10-14(18)7-8-16(13)20-17/h7-8,10-12,15,19H,2-6,9H2,1H3. The van der Waals surface area contributed by atoms with E-state index in [0.717, 1.165) is 17.8 Å². The number of hydrogen-bond donors (Lipinski definition) is 1. The van der Waals surface area contributed by atoms with E-state index < -0.39 is 0 Å². The second kappa shape index (κ2) is 6.23. The van der Waals surface area contributed by atoms with Gasteiger partial charge in [-0.15, -0.1) is 11.3 Å². The Bertz CT molecular complexity index is 571. The summed E-state index contributed by atoms with van der Waals surface area (Å²) in [6.45, 7) is 3.15. The van der Waals surface area contributed by atoms with Crippen LogP contribution in [0.1, 0.15) is 49.9 Å². The highest BCUT2D eigenvalue weighted by Crippen LogP contribution is 2.37. The maximum absolute atomic E-state index is 13.3. The van der Waals surface area contributed by atoms with Crippen molar-refractivity contribution in [3.8, 4) is 0 Å². The van der Waals surface area contributed by atoms with Crippen LogP contribution in [0.3, 0.4) is 0 Å². The van der Waals surface area contributed by atoms with E-state index >= 15 is 0 Å². The Balaban J connectivity index is 1.83. The van der Waals surface area contributed by atoms with Crippen molar-refractivity contribution in [1.29, 1.82) is 0 Å². The second-order valence-corrected chi connectivity index (χ2v) is 6.94. The Morgan fingerprint density at radius 3 is 2.85 bits per heavy atom. The Hall–Kier alpha value is -0.930. The minimum absolute atomic E-state index is 0.141. The van der Waals surface area contributed by atoms with E-state index in [0.29, 0.717) is 6.04 Å². The van der Waals surface area contributed by atoms with Crippen LogP contribution in [0.25, 0.3) is 10.1 Å². The molecule has 0 amide bonds. The number of benzene rings is 1. The zero-order valence-electron chi connectivity index (χ0n) is 12.0. The molecule has 1 heterocycles. The van der Waals surface area contributed by atoms with Crippen molar-refractivity contribution < 1.29 is 4.39 Å². The first kappa shape index (κ1) is 14.0. The van der Waals surface area contributed by atoms with Crippen LogP contribution in [0.4, 0.5) is 4.39 Å². The van der Waals surface area contributed by atoms with Gasteiger partial charge in [-0.2, -0.15) is 0 Å². The third-order valence-electron chi connectivity index (χ3n) is 4.34. The normalized spacial score (nSPS) is 17.9. The predicted molar refractivity (Wildman–Crippen MR) is 84.8 cm³/mol. The van der Waals surface area contributed by atoms with Crippen LogP contribution < -0.4 is 5.32 Å². The molecule has 0 radical (unpaired) electrons. The molecule has 1 unspecified atom stereocenters. The van der Waals surface area contributed by atoms with Gasteiger partial charge in [0.15, 0.2) is 0 Å². The van der Waals surface area contributed by atoms with Crippen LogP contribution in [0.5, 0.6) is 0 Å². The van der Waals surface area contributed by atoms with E-state index in [4.69, 9.17) is 0 Å². The van der Waals surface area contributed by atoms with Crippen molar-refractivity contribution in [3.05, 3.63) is 35.0 Å². The molecule has 1 saturated carbocycles. The molecule has 3 rings (SSSR count). The van der Waals surface area contributed by atoms with Gasteiger partial charge < -0.3 is 5.32 Å². The van der Waals surface area contributed by atoms with Crippen molar-refractivity contribution in [2.24, 2.45) is 5.92 Å². The highest BCUT2D eigenvalue weighted by molar-refractivity contribution is 7.19. The van der Waals surface area contributed by atoms with Crippen LogP contribution in [0, 0.1) is 11.7 Å². The van der Waals surface area contributed by atoms with E-state index in [1.165, 1.54) is 41.7 Å². The molecule has 3 heteroatoms. The molecule has 0 spiro atoms. The molecule has 1 fully saturated rings. The summed E-state index contributed by atoms with van der Waals surface area (Å²) in [7, 11) is 0. The van der Waals surface area contributed by atoms with Gasteiger partial charge in [0, 0.05) is 15.6 Å². The summed E-state index contributed by atoms with van der Waals surface area (Å²) >= 11 is 1.81. The van der Waals surface area contributed by atoms with Crippen molar-refractivity contribution in [2.45, 2.75) is 45.1 Å². The number of fused-ring (bicyclic) bond motifs is 1. The van der Waals surface area contributed by atoms with Gasteiger partial charge in [0.2, 0.25) is 0 Å². The SMILES string of the molecule is CCNC(CC1CCCC1)c1cc2cc(F)ccc2s1. The van der Waals surface area contributed by atoms with Crippen molar-refractivity contribution in [1.82, 2.24) is 5.32 Å². The molecule has 1 atom stereocenters. The van der Waals surface area contributed by atoms with Crippen LogP contribution >= 0.6 is 11.3 Å². The summed E-state index contributed by atoms with van der Waals surface area (Å²) in [5, 5.41) is 4.66. The van der Waals surface area contributed by atoms with Gasteiger partial charge >= 0.3 is 0 Å². The maximum Gasteiger partial charge on any atom is 0.123 e. The summed E-state index contributed by atoms with van der Waals surface area (Å²) in [5.41, 5.74) is 0. The average Bonchev–Trinajstić information content (AvgIpc) is 3.06. The molecule has 1 aromatic carbocycles. The lowest BCUT2D eigenvalue weighted by Gasteiger charge is -2.20. The molecular weight excluding hydrogens is 269 g/mol. The smallest absolute Gasteiger partial charge is 0.123 e. The minimum Gasteiger partial charge on any atom is -0.310 e. The van der Waals surface area contributed by atoms with Gasteiger partial charge in [-0.3, -0.25) is 0 Å². The van der Waals surface area contributed by atoms with Gasteiger partial charge in [0.1, 0.15) is 5.82 Å². The fraction of sp³-hybridized carbons (Fsp3) is 0.529. The maximum atomic E-state index is 13.3. The fourth-order valence-electron chi connectivity index (χ4n) is 3.33. The fourth-order valence-corrected chi connectivity index (χ4v) is 4.47. The van der Waals surface area contributed by atoms with E-state index in [1.54, 1.807) is 12.1 Å². The third kappa shape index (κ3) is 3.04. The molecule has 1 N–H and O–H groups in total. The highest BCUT2D eigenvalue weighted by atomic mass is 32.1. The van der Waals surface area contributed by atoms with Gasteiger partial charge in [-0.25, -0.2) is 4.39 Å². The first-order chi connectivity index (χ1) is 9.76. The summed E-state index contributed by atoms with van der Waals surface area (Å²) < 4.78 is 14.5. The second-order valence-electron chi connectivity index (χ2n) is 5.83. The highest BCUT2D eigenvalue weighted by Gasteiger charge is 2.22. The van der Waals surface area contributed by atoms with Crippen LogP contribution in [-0.2, 0) is 0 Å². The molecule has 0 aliphatic heterocycles. The molecule has 0 saturated heterocycles. The Labute approximate surface area is 124 Å². The molecule has 0 bridgehead atoms. The van der Waals surface area contributed by atoms with E-state index in [1.807, 2.05) is 17.4 Å². The predicted octanol–water partition coefficient (Wildman–Crippen LogP) is 5.27. The Morgan fingerprint density at radius 2 is 2.10 bits per heavy atom. The lowest BCUT2D eigenvalue weighted by molar-refractivity contribution is 0.405. The molecule has 1 aliphatic rings. The number of nitrogens with one attached hydrogen (secondary N) is 1. The van der Waals surface area contributed by atoms with E-state index in [2.05, 4.69) is 18.3 Å². The van der Waals surface area contributed by atoms with E-state index in [9.17, 15) is 4.39 Å². The zero-order valence-corrected chi connectivity index (χ0v) is 12.8. The quantitative estimate of drug-likeness (QED) is 0.791. The van der Waals surface area contributed by atoms with Crippen molar-refractivity contribution >= 4 is 21.4 Å². The Morgan fingerprint density at radius 1 is 1.30 bits per heavy atom. The average molecular weight is 291 g/mol. The summed E-state index contributed by atoms with van der Waals surface area (Å²) in [4.78, 5) is 1.36. The molecule has 2 aromatic rings. The lowest BCUT2D eigenvalue weighted by Crippen LogP contribution is -2.22. The van der Waals surface area contributed by atoms with Crippen LogP contribution in [-0.4, -0.2) is 6.54 Å². The monoisotopic (exact) mass is 291 g/mol. The molecular formula is C17H22FNS. The molecule has 108 valence electrons. The number of hydrogen-bond acceptors (Lipinski definition) is 2. The molecule has 1 aliphatic carbocycles. The lowest BCUT2D eigenvalue weighted by atomic mass is 9.97. The Kier molecular flexibility index (Phi) is 4.37. The number of rotatable bonds is 5. The van der Waals surface area contributed by atoms with Crippen molar-refractivity contribution in [3.63, 3.8) is 0 Å². The first-order valence-electron chi connectivity index (χ1n) is 7.68. The van der Waals surface area contributed by atoms with Gasteiger partial charge in [0.05, 0.1) is 0 Å². The van der Waals surface area contributed by atoms with Crippen LogP contribution in [0.15, 0.2) is 24.3 Å². The zero-order chi connectivity index (χ0) is 13.9. The topological polar surface area (TPSA) is 12.0 Å². The number of thiophene rings is 1. The van der Waals surface area contributed by atoms with Crippen molar-refractivity contribution in [2.75, 3.05) is 6.54 Å². The summed E-state index contributed by atoms with van der Waals surface area (Å²) in [6.07, 6.45) is 6.76.